The van der Waals surface area contributed by atoms with E-state index in [4.69, 9.17) is 10.5 Å². The maximum Gasteiger partial charge on any atom is 0.250 e. The van der Waals surface area contributed by atoms with Crippen molar-refractivity contribution < 1.29 is 13.9 Å². The molecule has 1 aromatic rings. The number of carbonyl (C=O) groups is 1. The maximum absolute atomic E-state index is 12.9. The van der Waals surface area contributed by atoms with Crippen LogP contribution in [0.2, 0.25) is 0 Å². The van der Waals surface area contributed by atoms with Gasteiger partial charge in [-0.15, -0.1) is 0 Å². The van der Waals surface area contributed by atoms with Crippen LogP contribution in [0.15, 0.2) is 18.2 Å². The van der Waals surface area contributed by atoms with E-state index in [-0.39, 0.29) is 24.3 Å². The van der Waals surface area contributed by atoms with Crippen LogP contribution in [0, 0.1) is 11.7 Å². The van der Waals surface area contributed by atoms with E-state index in [0.717, 1.165) is 19.3 Å². The molecular weight excluding hydrogens is 259 g/mol. The van der Waals surface area contributed by atoms with Gasteiger partial charge in [-0.1, -0.05) is 19.8 Å². The van der Waals surface area contributed by atoms with Gasteiger partial charge in [-0.2, -0.15) is 0 Å². The number of nitrogens with one attached hydrogen (secondary N) is 1. The molecule has 1 fully saturated rings. The zero-order valence-electron chi connectivity index (χ0n) is 11.7. The van der Waals surface area contributed by atoms with Gasteiger partial charge in [0.1, 0.15) is 12.4 Å². The van der Waals surface area contributed by atoms with Gasteiger partial charge >= 0.3 is 0 Å². The number of carbonyl (C=O) groups excluding carboxylic acids is 1. The standard InChI is InChI=1S/C15H21FN2O2/c1-10-4-2-3-5-14(10)20-9-15(19)18-13-7-6-11(16)8-12(13)17/h6-8,10,14H,2-5,9,17H2,1H3,(H,18,19). The minimum atomic E-state index is -0.423. The average molecular weight is 280 g/mol. The molecular formula is C15H21FN2O2. The van der Waals surface area contributed by atoms with Crippen LogP contribution in [0.1, 0.15) is 32.6 Å². The van der Waals surface area contributed by atoms with E-state index in [1.54, 1.807) is 0 Å². The normalized spacial score (nSPS) is 22.5. The van der Waals surface area contributed by atoms with Crippen LogP contribution in [0.5, 0.6) is 0 Å². The van der Waals surface area contributed by atoms with Gasteiger partial charge in [0.25, 0.3) is 0 Å². The third kappa shape index (κ3) is 3.93. The number of rotatable bonds is 4. The number of nitrogen functional groups attached to an aromatic ring is 1. The third-order valence-electron chi connectivity index (χ3n) is 3.75. The molecule has 0 spiro atoms. The first-order chi connectivity index (χ1) is 9.56. The minimum absolute atomic E-state index is 0.00578. The van der Waals surface area contributed by atoms with Gasteiger partial charge in [-0.3, -0.25) is 4.79 Å². The van der Waals surface area contributed by atoms with Crippen molar-refractivity contribution in [2.45, 2.75) is 38.7 Å². The zero-order chi connectivity index (χ0) is 14.5. The number of hydrogen-bond acceptors (Lipinski definition) is 3. The van der Waals surface area contributed by atoms with Gasteiger partial charge in [0.2, 0.25) is 5.91 Å². The van der Waals surface area contributed by atoms with E-state index in [0.29, 0.717) is 11.6 Å². The van der Waals surface area contributed by atoms with Crippen molar-refractivity contribution >= 4 is 17.3 Å². The van der Waals surface area contributed by atoms with Crippen molar-refractivity contribution in [1.82, 2.24) is 0 Å². The maximum atomic E-state index is 12.9. The van der Waals surface area contributed by atoms with Gasteiger partial charge in [-0.05, 0) is 37.0 Å². The number of benzene rings is 1. The minimum Gasteiger partial charge on any atom is -0.397 e. The molecule has 0 radical (unpaired) electrons. The molecule has 1 aliphatic rings. The fourth-order valence-corrected chi connectivity index (χ4v) is 2.55. The first kappa shape index (κ1) is 14.8. The topological polar surface area (TPSA) is 64.3 Å². The van der Waals surface area contributed by atoms with E-state index in [1.807, 2.05) is 0 Å². The van der Waals surface area contributed by atoms with Crippen LogP contribution in [-0.4, -0.2) is 18.6 Å². The lowest BCUT2D eigenvalue weighted by Gasteiger charge is -2.28. The van der Waals surface area contributed by atoms with E-state index >= 15 is 0 Å². The zero-order valence-corrected chi connectivity index (χ0v) is 11.7. The summed E-state index contributed by atoms with van der Waals surface area (Å²) >= 11 is 0. The largest absolute Gasteiger partial charge is 0.397 e. The van der Waals surface area contributed by atoms with Crippen molar-refractivity contribution in [3.05, 3.63) is 24.0 Å². The molecule has 1 amide bonds. The summed E-state index contributed by atoms with van der Waals surface area (Å²) in [6, 6.07) is 3.89. The van der Waals surface area contributed by atoms with Crippen LogP contribution in [0.4, 0.5) is 15.8 Å². The van der Waals surface area contributed by atoms with Gasteiger partial charge in [-0.25, -0.2) is 4.39 Å². The molecule has 0 aromatic heterocycles. The fourth-order valence-electron chi connectivity index (χ4n) is 2.55. The van der Waals surface area contributed by atoms with Crippen molar-refractivity contribution in [3.63, 3.8) is 0 Å². The summed E-state index contributed by atoms with van der Waals surface area (Å²) in [6.07, 6.45) is 4.70. The lowest BCUT2D eigenvalue weighted by atomic mass is 9.88. The van der Waals surface area contributed by atoms with Gasteiger partial charge in [0.05, 0.1) is 17.5 Å². The SMILES string of the molecule is CC1CCCCC1OCC(=O)Nc1ccc(F)cc1N. The first-order valence-electron chi connectivity index (χ1n) is 7.02. The Kier molecular flexibility index (Phi) is 4.95. The molecule has 0 aliphatic heterocycles. The summed E-state index contributed by atoms with van der Waals surface area (Å²) in [5, 5.41) is 2.64. The van der Waals surface area contributed by atoms with Crippen molar-refractivity contribution in [1.29, 1.82) is 0 Å². The second kappa shape index (κ2) is 6.70. The Morgan fingerprint density at radius 1 is 1.45 bits per heavy atom. The number of halogens is 1. The van der Waals surface area contributed by atoms with E-state index in [9.17, 15) is 9.18 Å². The second-order valence-electron chi connectivity index (χ2n) is 5.39. The molecule has 0 bridgehead atoms. The summed E-state index contributed by atoms with van der Waals surface area (Å²) in [4.78, 5) is 11.8. The van der Waals surface area contributed by atoms with Crippen LogP contribution in [0.25, 0.3) is 0 Å². The molecule has 0 saturated heterocycles. The van der Waals surface area contributed by atoms with Crippen LogP contribution < -0.4 is 11.1 Å². The molecule has 1 aromatic carbocycles. The summed E-state index contributed by atoms with van der Waals surface area (Å²) in [5.41, 5.74) is 6.26. The number of anilines is 2. The third-order valence-corrected chi connectivity index (χ3v) is 3.75. The van der Waals surface area contributed by atoms with E-state index < -0.39 is 5.82 Å². The summed E-state index contributed by atoms with van der Waals surface area (Å²) < 4.78 is 18.6. The first-order valence-corrected chi connectivity index (χ1v) is 7.02. The van der Waals surface area contributed by atoms with Crippen LogP contribution in [0.3, 0.4) is 0 Å². The summed E-state index contributed by atoms with van der Waals surface area (Å²) in [7, 11) is 0. The number of nitrogens with two attached hydrogens (primary N) is 1. The number of hydrogen-bond donors (Lipinski definition) is 2. The second-order valence-corrected chi connectivity index (χ2v) is 5.39. The molecule has 2 rings (SSSR count). The highest BCUT2D eigenvalue weighted by molar-refractivity contribution is 5.94. The molecule has 1 saturated carbocycles. The number of amides is 1. The smallest absolute Gasteiger partial charge is 0.250 e. The Balaban J connectivity index is 1.83. The van der Waals surface area contributed by atoms with Crippen molar-refractivity contribution in [2.75, 3.05) is 17.7 Å². The quantitative estimate of drug-likeness (QED) is 0.833. The highest BCUT2D eigenvalue weighted by Crippen LogP contribution is 2.26. The predicted molar refractivity (Wildman–Crippen MR) is 76.8 cm³/mol. The highest BCUT2D eigenvalue weighted by atomic mass is 19.1. The van der Waals surface area contributed by atoms with Crippen LogP contribution >= 0.6 is 0 Å². The number of ether oxygens (including phenoxy) is 1. The molecule has 5 heteroatoms. The molecule has 3 N–H and O–H groups in total. The molecule has 2 atom stereocenters. The molecule has 1 aliphatic carbocycles. The molecule has 20 heavy (non-hydrogen) atoms. The lowest BCUT2D eigenvalue weighted by molar-refractivity contribution is -0.124. The molecule has 2 unspecified atom stereocenters. The van der Waals surface area contributed by atoms with Crippen LogP contribution in [-0.2, 0) is 9.53 Å². The van der Waals surface area contributed by atoms with E-state index in [1.165, 1.54) is 24.6 Å². The van der Waals surface area contributed by atoms with Gasteiger partial charge < -0.3 is 15.8 Å². The lowest BCUT2D eigenvalue weighted by Crippen LogP contribution is -2.29. The Morgan fingerprint density at radius 2 is 2.20 bits per heavy atom. The predicted octanol–water partition coefficient (Wildman–Crippen LogP) is 2.94. The van der Waals surface area contributed by atoms with E-state index in [2.05, 4.69) is 12.2 Å². The summed E-state index contributed by atoms with van der Waals surface area (Å²) in [6.45, 7) is 2.16. The fraction of sp³-hybridized carbons (Fsp3) is 0.533. The Bertz CT molecular complexity index is 479. The van der Waals surface area contributed by atoms with Crippen molar-refractivity contribution in [2.24, 2.45) is 5.92 Å². The molecule has 110 valence electrons. The Hall–Kier alpha value is -1.62. The average Bonchev–Trinajstić information content (AvgIpc) is 2.41. The monoisotopic (exact) mass is 280 g/mol. The van der Waals surface area contributed by atoms with Gasteiger partial charge in [0.15, 0.2) is 0 Å². The summed E-state index contributed by atoms with van der Waals surface area (Å²) in [5.74, 6) is -0.193. The molecule has 0 heterocycles. The van der Waals surface area contributed by atoms with Crippen molar-refractivity contribution in [3.8, 4) is 0 Å². The Labute approximate surface area is 118 Å². The highest BCUT2D eigenvalue weighted by Gasteiger charge is 2.22. The van der Waals surface area contributed by atoms with Gasteiger partial charge in [0, 0.05) is 0 Å². The Morgan fingerprint density at radius 3 is 2.90 bits per heavy atom. The molecule has 4 nitrogen and oxygen atoms in total.